The molecular weight excluding hydrogens is 334 g/mol. The molecule has 1 fully saturated rings. The molecule has 0 atom stereocenters. The molecule has 0 spiro atoms. The van der Waals surface area contributed by atoms with E-state index in [1.807, 2.05) is 41.3 Å². The third-order valence-corrected chi connectivity index (χ3v) is 5.52. The molecule has 2 aliphatic heterocycles. The number of para-hydroxylation sites is 1. The number of rotatable bonds is 4. The highest BCUT2D eigenvalue weighted by atomic mass is 16.2. The number of fused-ring (bicyclic) bond motifs is 1. The SMILES string of the molecule is CCc1ccc(N=C2C(=O)N(CN3CCCCCC3)c3ccccc32)cc1. The van der Waals surface area contributed by atoms with Crippen molar-refractivity contribution < 1.29 is 4.79 Å². The fraction of sp³-hybridized carbons (Fsp3) is 0.391. The molecule has 140 valence electrons. The van der Waals surface area contributed by atoms with Crippen LogP contribution in [0.1, 0.15) is 43.7 Å². The molecular formula is C23H27N3O. The van der Waals surface area contributed by atoms with E-state index in [4.69, 9.17) is 4.99 Å². The number of likely N-dealkylation sites (tertiary alicyclic amines) is 1. The van der Waals surface area contributed by atoms with Crippen molar-refractivity contribution in [1.82, 2.24) is 4.90 Å². The average Bonchev–Trinajstić information content (AvgIpc) is 2.88. The monoisotopic (exact) mass is 361 g/mol. The summed E-state index contributed by atoms with van der Waals surface area (Å²) in [5.41, 5.74) is 4.60. The molecule has 4 heteroatoms. The minimum atomic E-state index is 0.0139. The van der Waals surface area contributed by atoms with Gasteiger partial charge in [-0.3, -0.25) is 14.6 Å². The maximum Gasteiger partial charge on any atom is 0.278 e. The summed E-state index contributed by atoms with van der Waals surface area (Å²) in [5.74, 6) is 0.0139. The van der Waals surface area contributed by atoms with Crippen LogP contribution in [-0.4, -0.2) is 36.3 Å². The lowest BCUT2D eigenvalue weighted by Crippen LogP contribution is -2.41. The van der Waals surface area contributed by atoms with Gasteiger partial charge in [-0.1, -0.05) is 50.1 Å². The molecule has 0 unspecified atom stereocenters. The van der Waals surface area contributed by atoms with Crippen molar-refractivity contribution in [3.8, 4) is 0 Å². The number of aliphatic imine (C=N–C) groups is 1. The summed E-state index contributed by atoms with van der Waals surface area (Å²) < 4.78 is 0. The second-order valence-electron chi connectivity index (χ2n) is 7.40. The van der Waals surface area contributed by atoms with E-state index in [-0.39, 0.29) is 5.91 Å². The Hall–Kier alpha value is -2.46. The molecule has 1 saturated heterocycles. The molecule has 0 bridgehead atoms. The highest BCUT2D eigenvalue weighted by molar-refractivity contribution is 6.54. The predicted octanol–water partition coefficient (Wildman–Crippen LogP) is 4.55. The van der Waals surface area contributed by atoms with Gasteiger partial charge >= 0.3 is 0 Å². The largest absolute Gasteiger partial charge is 0.293 e. The molecule has 27 heavy (non-hydrogen) atoms. The van der Waals surface area contributed by atoms with Crippen LogP contribution < -0.4 is 4.90 Å². The Bertz CT molecular complexity index is 833. The first-order valence-corrected chi connectivity index (χ1v) is 10.1. The Labute approximate surface area is 161 Å². The van der Waals surface area contributed by atoms with Gasteiger partial charge in [0.1, 0.15) is 5.71 Å². The van der Waals surface area contributed by atoms with Crippen molar-refractivity contribution in [2.24, 2.45) is 4.99 Å². The first kappa shape index (κ1) is 17.9. The molecule has 0 aromatic heterocycles. The fourth-order valence-electron chi connectivity index (χ4n) is 3.92. The third kappa shape index (κ3) is 3.81. The predicted molar refractivity (Wildman–Crippen MR) is 111 cm³/mol. The van der Waals surface area contributed by atoms with E-state index in [0.717, 1.165) is 36.4 Å². The first-order valence-electron chi connectivity index (χ1n) is 10.1. The molecule has 4 nitrogen and oxygen atoms in total. The molecule has 2 heterocycles. The van der Waals surface area contributed by atoms with Crippen molar-refractivity contribution in [3.05, 3.63) is 59.7 Å². The Kier molecular flexibility index (Phi) is 5.35. The van der Waals surface area contributed by atoms with Gasteiger partial charge in [-0.05, 0) is 56.1 Å². The number of carbonyl (C=O) groups is 1. The van der Waals surface area contributed by atoms with Crippen LogP contribution >= 0.6 is 0 Å². The second kappa shape index (κ2) is 8.05. The zero-order valence-corrected chi connectivity index (χ0v) is 16.0. The summed E-state index contributed by atoms with van der Waals surface area (Å²) >= 11 is 0. The van der Waals surface area contributed by atoms with Crippen LogP contribution in [0.2, 0.25) is 0 Å². The smallest absolute Gasteiger partial charge is 0.278 e. The zero-order chi connectivity index (χ0) is 18.6. The van der Waals surface area contributed by atoms with E-state index in [2.05, 4.69) is 24.0 Å². The van der Waals surface area contributed by atoms with Gasteiger partial charge < -0.3 is 0 Å². The number of anilines is 1. The summed E-state index contributed by atoms with van der Waals surface area (Å²) in [6, 6.07) is 16.2. The fourth-order valence-corrected chi connectivity index (χ4v) is 3.92. The average molecular weight is 361 g/mol. The topological polar surface area (TPSA) is 35.9 Å². The highest BCUT2D eigenvalue weighted by Gasteiger charge is 2.34. The van der Waals surface area contributed by atoms with Crippen molar-refractivity contribution in [2.45, 2.75) is 39.0 Å². The van der Waals surface area contributed by atoms with E-state index >= 15 is 0 Å². The number of hydrogen-bond donors (Lipinski definition) is 0. The van der Waals surface area contributed by atoms with Crippen molar-refractivity contribution in [1.29, 1.82) is 0 Å². The minimum absolute atomic E-state index is 0.0139. The van der Waals surface area contributed by atoms with Gasteiger partial charge in [0, 0.05) is 5.56 Å². The summed E-state index contributed by atoms with van der Waals surface area (Å²) in [5, 5.41) is 0. The molecule has 1 amide bonds. The van der Waals surface area contributed by atoms with Crippen LogP contribution in [0.4, 0.5) is 11.4 Å². The van der Waals surface area contributed by atoms with Gasteiger partial charge in [0.2, 0.25) is 0 Å². The van der Waals surface area contributed by atoms with Crippen LogP contribution in [0.15, 0.2) is 53.5 Å². The third-order valence-electron chi connectivity index (χ3n) is 5.52. The van der Waals surface area contributed by atoms with Crippen LogP contribution in [0.25, 0.3) is 0 Å². The van der Waals surface area contributed by atoms with E-state index in [0.29, 0.717) is 12.4 Å². The molecule has 0 aliphatic carbocycles. The molecule has 2 aliphatic rings. The Morgan fingerprint density at radius 3 is 2.33 bits per heavy atom. The maximum atomic E-state index is 13.2. The lowest BCUT2D eigenvalue weighted by Gasteiger charge is -2.26. The van der Waals surface area contributed by atoms with Gasteiger partial charge in [-0.25, -0.2) is 4.99 Å². The van der Waals surface area contributed by atoms with Gasteiger partial charge in [0.25, 0.3) is 5.91 Å². The number of benzene rings is 2. The van der Waals surface area contributed by atoms with Crippen LogP contribution in [0.5, 0.6) is 0 Å². The van der Waals surface area contributed by atoms with E-state index in [1.165, 1.54) is 31.2 Å². The molecule has 2 aromatic carbocycles. The summed E-state index contributed by atoms with van der Waals surface area (Å²) in [6.07, 6.45) is 6.02. The summed E-state index contributed by atoms with van der Waals surface area (Å²) in [4.78, 5) is 22.2. The van der Waals surface area contributed by atoms with Crippen molar-refractivity contribution in [2.75, 3.05) is 24.7 Å². The lowest BCUT2D eigenvalue weighted by atomic mass is 10.1. The molecule has 0 radical (unpaired) electrons. The van der Waals surface area contributed by atoms with Crippen molar-refractivity contribution >= 4 is 23.0 Å². The van der Waals surface area contributed by atoms with Crippen LogP contribution in [0, 0.1) is 0 Å². The lowest BCUT2D eigenvalue weighted by molar-refractivity contribution is -0.112. The first-order chi connectivity index (χ1) is 13.3. The van der Waals surface area contributed by atoms with Gasteiger partial charge in [-0.15, -0.1) is 0 Å². The Morgan fingerprint density at radius 2 is 1.63 bits per heavy atom. The highest BCUT2D eigenvalue weighted by Crippen LogP contribution is 2.31. The molecule has 0 N–H and O–H groups in total. The molecule has 4 rings (SSSR count). The van der Waals surface area contributed by atoms with Gasteiger partial charge in [0.05, 0.1) is 18.0 Å². The normalized spacial score (nSPS) is 19.4. The van der Waals surface area contributed by atoms with Crippen LogP contribution in [-0.2, 0) is 11.2 Å². The minimum Gasteiger partial charge on any atom is -0.293 e. The number of hydrogen-bond acceptors (Lipinski definition) is 3. The summed E-state index contributed by atoms with van der Waals surface area (Å²) in [7, 11) is 0. The quantitative estimate of drug-likeness (QED) is 0.801. The van der Waals surface area contributed by atoms with Crippen LogP contribution in [0.3, 0.4) is 0 Å². The number of nitrogens with zero attached hydrogens (tertiary/aromatic N) is 3. The number of carbonyl (C=O) groups excluding carboxylic acids is 1. The summed E-state index contributed by atoms with van der Waals surface area (Å²) in [6.45, 7) is 4.93. The maximum absolute atomic E-state index is 13.2. The number of amides is 1. The van der Waals surface area contributed by atoms with E-state index in [1.54, 1.807) is 0 Å². The Balaban J connectivity index is 1.63. The Morgan fingerprint density at radius 1 is 0.926 bits per heavy atom. The zero-order valence-electron chi connectivity index (χ0n) is 16.0. The van der Waals surface area contributed by atoms with E-state index < -0.39 is 0 Å². The van der Waals surface area contributed by atoms with Crippen molar-refractivity contribution in [3.63, 3.8) is 0 Å². The second-order valence-corrected chi connectivity index (χ2v) is 7.40. The number of aryl methyl sites for hydroxylation is 1. The molecule has 2 aromatic rings. The standard InChI is InChI=1S/C23H27N3O/c1-2-18-11-13-19(14-12-18)24-22-20-9-5-6-10-21(20)26(23(22)27)17-25-15-7-3-4-8-16-25/h5-6,9-14H,2-4,7-8,15-17H2,1H3. The molecule has 0 saturated carbocycles. The van der Waals surface area contributed by atoms with Gasteiger partial charge in [0.15, 0.2) is 0 Å². The van der Waals surface area contributed by atoms with Gasteiger partial charge in [-0.2, -0.15) is 0 Å². The van der Waals surface area contributed by atoms with E-state index in [9.17, 15) is 4.79 Å².